The number of amides is 3. The predicted octanol–water partition coefficient (Wildman–Crippen LogP) is 3.92. The van der Waals surface area contributed by atoms with Crippen LogP contribution in [0.1, 0.15) is 66.6 Å². The molecule has 0 radical (unpaired) electrons. The van der Waals surface area contributed by atoms with E-state index in [1.54, 1.807) is 23.7 Å². The maximum absolute atomic E-state index is 13.3. The zero-order chi connectivity index (χ0) is 26.5. The van der Waals surface area contributed by atoms with Gasteiger partial charge in [0.25, 0.3) is 11.8 Å². The Morgan fingerprint density at radius 3 is 2.57 bits per heavy atom. The minimum absolute atomic E-state index is 0.174. The predicted molar refractivity (Wildman–Crippen MR) is 143 cm³/mol. The minimum Gasteiger partial charge on any atom is -0.488 e. The van der Waals surface area contributed by atoms with Gasteiger partial charge in [0.1, 0.15) is 5.65 Å². The molecule has 0 aliphatic carbocycles. The third kappa shape index (κ3) is 5.76. The monoisotopic (exact) mass is 505 g/mol. The molecule has 3 aromatic rings. The molecule has 9 nitrogen and oxygen atoms in total. The van der Waals surface area contributed by atoms with E-state index in [0.717, 1.165) is 18.7 Å². The third-order valence-electron chi connectivity index (χ3n) is 6.44. The van der Waals surface area contributed by atoms with Crippen molar-refractivity contribution in [1.82, 2.24) is 19.8 Å². The van der Waals surface area contributed by atoms with Gasteiger partial charge in [-0.3, -0.25) is 14.4 Å². The molecule has 1 saturated heterocycles. The Labute approximate surface area is 217 Å². The number of hydrogen-bond donors (Lipinski definition) is 2. The van der Waals surface area contributed by atoms with Gasteiger partial charge in [0.15, 0.2) is 11.4 Å². The van der Waals surface area contributed by atoms with Crippen LogP contribution in [0.15, 0.2) is 36.4 Å². The number of benzene rings is 1. The molecule has 0 unspecified atom stereocenters. The first-order chi connectivity index (χ1) is 17.8. The van der Waals surface area contributed by atoms with Crippen molar-refractivity contribution in [2.45, 2.75) is 52.6 Å². The number of rotatable bonds is 10. The van der Waals surface area contributed by atoms with Gasteiger partial charge in [-0.2, -0.15) is 0 Å². The molecule has 9 heteroatoms. The van der Waals surface area contributed by atoms with Crippen LogP contribution >= 0.6 is 0 Å². The van der Waals surface area contributed by atoms with Gasteiger partial charge in [0.05, 0.1) is 22.9 Å². The summed E-state index contributed by atoms with van der Waals surface area (Å²) in [6.45, 7) is 7.64. The lowest BCUT2D eigenvalue weighted by Gasteiger charge is -2.16. The maximum Gasteiger partial charge on any atom is 0.271 e. The molecule has 3 amide bonds. The van der Waals surface area contributed by atoms with Crippen LogP contribution in [-0.2, 0) is 18.3 Å². The number of aryl methyl sites for hydroxylation is 2. The number of anilines is 1. The first kappa shape index (κ1) is 26.2. The molecule has 4 rings (SSSR count). The van der Waals surface area contributed by atoms with Gasteiger partial charge >= 0.3 is 0 Å². The highest BCUT2D eigenvalue weighted by atomic mass is 16.5. The number of pyridine rings is 1. The molecular weight excluding hydrogens is 470 g/mol. The van der Waals surface area contributed by atoms with Crippen molar-refractivity contribution in [3.8, 4) is 5.75 Å². The van der Waals surface area contributed by atoms with Crippen LogP contribution in [0, 0.1) is 0 Å². The Bertz CT molecular complexity index is 1300. The van der Waals surface area contributed by atoms with Crippen LogP contribution in [0.2, 0.25) is 0 Å². The summed E-state index contributed by atoms with van der Waals surface area (Å²) >= 11 is 0. The van der Waals surface area contributed by atoms with E-state index < -0.39 is 0 Å². The van der Waals surface area contributed by atoms with Crippen molar-refractivity contribution in [3.05, 3.63) is 53.3 Å². The average molecular weight is 506 g/mol. The molecule has 0 bridgehead atoms. The number of likely N-dealkylation sites (tertiary alicyclic amines) is 1. The highest BCUT2D eigenvalue weighted by Gasteiger charge is 2.26. The SMILES string of the molecule is CCc1nc2c(cc1NC(=O)c1ccccc1)c(OC(C)C)c(C(=O)NCCCN1CCCC1=O)n2C. The molecule has 1 aliphatic heterocycles. The summed E-state index contributed by atoms with van der Waals surface area (Å²) in [5, 5.41) is 6.61. The quantitative estimate of drug-likeness (QED) is 0.407. The lowest BCUT2D eigenvalue weighted by atomic mass is 10.1. The Balaban J connectivity index is 1.61. The third-order valence-corrected chi connectivity index (χ3v) is 6.44. The zero-order valence-electron chi connectivity index (χ0n) is 22.0. The Kier molecular flexibility index (Phi) is 8.11. The number of carbonyl (C=O) groups excluding carboxylic acids is 3. The highest BCUT2D eigenvalue weighted by molar-refractivity contribution is 6.07. The van der Waals surface area contributed by atoms with Crippen LogP contribution in [0.3, 0.4) is 0 Å². The lowest BCUT2D eigenvalue weighted by molar-refractivity contribution is -0.127. The van der Waals surface area contributed by atoms with Crippen LogP contribution in [0.4, 0.5) is 5.69 Å². The number of fused-ring (bicyclic) bond motifs is 1. The Hall–Kier alpha value is -3.88. The van der Waals surface area contributed by atoms with Crippen molar-refractivity contribution >= 4 is 34.4 Å². The van der Waals surface area contributed by atoms with E-state index in [9.17, 15) is 14.4 Å². The van der Waals surface area contributed by atoms with E-state index in [4.69, 9.17) is 9.72 Å². The van der Waals surface area contributed by atoms with Gasteiger partial charge in [-0.25, -0.2) is 4.98 Å². The number of ether oxygens (including phenoxy) is 1. The minimum atomic E-state index is -0.267. The topological polar surface area (TPSA) is 106 Å². The van der Waals surface area contributed by atoms with E-state index in [1.807, 2.05) is 49.9 Å². The largest absolute Gasteiger partial charge is 0.488 e. The van der Waals surface area contributed by atoms with Gasteiger partial charge in [-0.15, -0.1) is 0 Å². The summed E-state index contributed by atoms with van der Waals surface area (Å²) < 4.78 is 7.88. The molecule has 0 spiro atoms. The second-order valence-electron chi connectivity index (χ2n) is 9.52. The Morgan fingerprint density at radius 2 is 1.92 bits per heavy atom. The molecule has 1 fully saturated rings. The number of nitrogens with one attached hydrogen (secondary N) is 2. The second kappa shape index (κ2) is 11.5. The van der Waals surface area contributed by atoms with E-state index in [0.29, 0.717) is 66.1 Å². The van der Waals surface area contributed by atoms with Crippen molar-refractivity contribution in [2.24, 2.45) is 7.05 Å². The van der Waals surface area contributed by atoms with Gasteiger partial charge in [0.2, 0.25) is 5.91 Å². The van der Waals surface area contributed by atoms with E-state index >= 15 is 0 Å². The normalized spacial score (nSPS) is 13.4. The summed E-state index contributed by atoms with van der Waals surface area (Å²) in [5.74, 6) is 0.121. The van der Waals surface area contributed by atoms with Gasteiger partial charge < -0.3 is 24.8 Å². The van der Waals surface area contributed by atoms with Crippen molar-refractivity contribution in [3.63, 3.8) is 0 Å². The van der Waals surface area contributed by atoms with Gasteiger partial charge in [-0.1, -0.05) is 25.1 Å². The molecule has 3 heterocycles. The molecule has 0 saturated carbocycles. The average Bonchev–Trinajstić information content (AvgIpc) is 3.41. The summed E-state index contributed by atoms with van der Waals surface area (Å²) in [6.07, 6.45) is 2.61. The van der Waals surface area contributed by atoms with E-state index in [1.165, 1.54) is 0 Å². The molecule has 2 aromatic heterocycles. The van der Waals surface area contributed by atoms with Crippen LogP contribution in [0.5, 0.6) is 5.75 Å². The fourth-order valence-corrected chi connectivity index (χ4v) is 4.62. The number of nitrogens with zero attached hydrogens (tertiary/aromatic N) is 3. The number of aromatic nitrogens is 2. The molecule has 37 heavy (non-hydrogen) atoms. The maximum atomic E-state index is 13.3. The van der Waals surface area contributed by atoms with Crippen molar-refractivity contribution in [2.75, 3.05) is 25.0 Å². The summed E-state index contributed by atoms with van der Waals surface area (Å²) in [6, 6.07) is 10.8. The molecule has 1 aliphatic rings. The van der Waals surface area contributed by atoms with Crippen LogP contribution in [0.25, 0.3) is 11.0 Å². The highest BCUT2D eigenvalue weighted by Crippen LogP contribution is 2.35. The van der Waals surface area contributed by atoms with E-state index in [2.05, 4.69) is 10.6 Å². The first-order valence-electron chi connectivity index (χ1n) is 12.9. The molecular formula is C28H35N5O4. The summed E-state index contributed by atoms with van der Waals surface area (Å²) in [7, 11) is 1.79. The fourth-order valence-electron chi connectivity index (χ4n) is 4.62. The molecule has 196 valence electrons. The molecule has 2 N–H and O–H groups in total. The standard InChI is InChI=1S/C28H35N5O4/c1-5-21-22(31-27(35)19-11-7-6-8-12-19)17-20-25(37-18(2)3)24(32(4)26(20)30-21)28(36)29-14-10-16-33-15-9-13-23(33)34/h6-8,11-12,17-18H,5,9-10,13-16H2,1-4H3,(H,29,36)(H,31,35). The van der Waals surface area contributed by atoms with Crippen molar-refractivity contribution < 1.29 is 19.1 Å². The number of carbonyl (C=O) groups is 3. The zero-order valence-corrected chi connectivity index (χ0v) is 22.0. The molecule has 0 atom stereocenters. The lowest BCUT2D eigenvalue weighted by Crippen LogP contribution is -2.31. The van der Waals surface area contributed by atoms with Crippen LogP contribution in [-0.4, -0.2) is 57.9 Å². The summed E-state index contributed by atoms with van der Waals surface area (Å²) in [4.78, 5) is 44.7. The summed E-state index contributed by atoms with van der Waals surface area (Å²) in [5.41, 5.74) is 2.84. The van der Waals surface area contributed by atoms with Crippen molar-refractivity contribution in [1.29, 1.82) is 0 Å². The fraction of sp³-hybridized carbons (Fsp3) is 0.429. The Morgan fingerprint density at radius 1 is 1.16 bits per heavy atom. The molecule has 1 aromatic carbocycles. The smallest absolute Gasteiger partial charge is 0.271 e. The first-order valence-corrected chi connectivity index (χ1v) is 12.9. The second-order valence-corrected chi connectivity index (χ2v) is 9.52. The number of hydrogen-bond acceptors (Lipinski definition) is 5. The van der Waals surface area contributed by atoms with Crippen LogP contribution < -0.4 is 15.4 Å². The van der Waals surface area contributed by atoms with E-state index in [-0.39, 0.29) is 23.8 Å². The van der Waals surface area contributed by atoms with Gasteiger partial charge in [-0.05, 0) is 51.3 Å². The van der Waals surface area contributed by atoms with Gasteiger partial charge in [0, 0.05) is 38.7 Å².